The summed E-state index contributed by atoms with van der Waals surface area (Å²) < 4.78 is 4.42. The molecule has 0 fully saturated rings. The molecule has 0 spiro atoms. The summed E-state index contributed by atoms with van der Waals surface area (Å²) in [4.78, 5) is 32.9. The van der Waals surface area contributed by atoms with E-state index >= 15 is 0 Å². The third kappa shape index (κ3) is 1.84. The van der Waals surface area contributed by atoms with Gasteiger partial charge in [-0.2, -0.15) is 0 Å². The zero-order valence-electron chi connectivity index (χ0n) is 9.18. The number of esters is 1. The van der Waals surface area contributed by atoms with Crippen molar-refractivity contribution in [2.45, 2.75) is 6.92 Å². The van der Waals surface area contributed by atoms with Crippen LogP contribution in [0.1, 0.15) is 36.6 Å². The maximum atomic E-state index is 11.4. The molecule has 0 atom stereocenters. The smallest absolute Gasteiger partial charge is 0.341 e. The lowest BCUT2D eigenvalue weighted by Gasteiger charge is -2.12. The molecule has 0 unspecified atom stereocenters. The van der Waals surface area contributed by atoms with Gasteiger partial charge >= 0.3 is 5.97 Å². The van der Waals surface area contributed by atoms with Crippen molar-refractivity contribution < 1.29 is 29.3 Å². The van der Waals surface area contributed by atoms with Crippen molar-refractivity contribution in [2.75, 3.05) is 7.11 Å². The number of rotatable bonds is 3. The summed E-state index contributed by atoms with van der Waals surface area (Å²) in [5.74, 6) is -2.25. The molecule has 90 valence electrons. The molecule has 0 aliphatic heterocycles. The van der Waals surface area contributed by atoms with Gasteiger partial charge in [-0.15, -0.1) is 0 Å². The molecule has 0 aliphatic carbocycles. The van der Waals surface area contributed by atoms with Crippen LogP contribution in [-0.2, 0) is 4.74 Å². The normalized spacial score (nSPS) is 9.76. The molecule has 0 bridgehead atoms. The van der Waals surface area contributed by atoms with Gasteiger partial charge in [0.1, 0.15) is 17.1 Å². The Bertz CT molecular complexity index is 468. The number of hydrogen-bond acceptors (Lipinski definition) is 6. The summed E-state index contributed by atoms with van der Waals surface area (Å²) in [7, 11) is 1.09. The van der Waals surface area contributed by atoms with Gasteiger partial charge in [0.05, 0.1) is 18.2 Å². The summed E-state index contributed by atoms with van der Waals surface area (Å²) in [5, 5.41) is 19.2. The second-order valence-corrected chi connectivity index (χ2v) is 3.25. The van der Waals surface area contributed by atoms with Crippen molar-refractivity contribution in [1.29, 1.82) is 0 Å². The molecule has 0 amide bonds. The van der Waals surface area contributed by atoms with Crippen molar-refractivity contribution in [1.82, 2.24) is 0 Å². The molecule has 2 N–H and O–H groups in total. The number of phenols is 2. The van der Waals surface area contributed by atoms with Gasteiger partial charge in [-0.3, -0.25) is 9.59 Å². The molecule has 0 heterocycles. The van der Waals surface area contributed by atoms with E-state index in [1.54, 1.807) is 0 Å². The number of hydrogen-bond donors (Lipinski definition) is 2. The highest BCUT2D eigenvalue weighted by molar-refractivity contribution is 6.03. The number of ether oxygens (including phenoxy) is 1. The Kier molecular flexibility index (Phi) is 3.47. The first-order valence-corrected chi connectivity index (χ1v) is 4.56. The van der Waals surface area contributed by atoms with Crippen LogP contribution in [0.25, 0.3) is 0 Å². The lowest BCUT2D eigenvalue weighted by Crippen LogP contribution is -2.08. The van der Waals surface area contributed by atoms with Gasteiger partial charge in [0.15, 0.2) is 12.6 Å². The summed E-state index contributed by atoms with van der Waals surface area (Å²) >= 11 is 0. The minimum absolute atomic E-state index is 0.0486. The molecule has 1 aromatic carbocycles. The van der Waals surface area contributed by atoms with Crippen molar-refractivity contribution in [2.24, 2.45) is 0 Å². The Balaban J connectivity index is 3.77. The number of phenolic OH excluding ortho intramolecular Hbond substituents is 2. The van der Waals surface area contributed by atoms with E-state index < -0.39 is 23.0 Å². The third-order valence-electron chi connectivity index (χ3n) is 2.41. The maximum Gasteiger partial charge on any atom is 0.341 e. The molecule has 6 heteroatoms. The zero-order valence-corrected chi connectivity index (χ0v) is 9.18. The number of carbonyl (C=O) groups excluding carboxylic acids is 3. The average molecular weight is 238 g/mol. The van der Waals surface area contributed by atoms with E-state index in [4.69, 9.17) is 0 Å². The van der Waals surface area contributed by atoms with Crippen LogP contribution in [0.3, 0.4) is 0 Å². The van der Waals surface area contributed by atoms with Crippen LogP contribution in [-0.4, -0.2) is 35.9 Å². The molecule has 0 aromatic heterocycles. The van der Waals surface area contributed by atoms with E-state index in [1.807, 2.05) is 0 Å². The van der Waals surface area contributed by atoms with E-state index in [2.05, 4.69) is 4.74 Å². The van der Waals surface area contributed by atoms with E-state index in [0.717, 1.165) is 7.11 Å². The molecule has 0 radical (unpaired) electrons. The van der Waals surface area contributed by atoms with Gasteiger partial charge in [-0.25, -0.2) is 4.79 Å². The van der Waals surface area contributed by atoms with E-state index in [-0.39, 0.29) is 23.0 Å². The first kappa shape index (κ1) is 12.7. The highest BCUT2D eigenvalue weighted by atomic mass is 16.5. The predicted molar refractivity (Wildman–Crippen MR) is 56.6 cm³/mol. The van der Waals surface area contributed by atoms with E-state index in [9.17, 15) is 24.6 Å². The molecular formula is C11H10O6. The van der Waals surface area contributed by atoms with Gasteiger partial charge in [-0.05, 0) is 12.5 Å². The molecule has 17 heavy (non-hydrogen) atoms. The second kappa shape index (κ2) is 4.65. The molecule has 0 aliphatic rings. The Morgan fingerprint density at radius 3 is 2.06 bits per heavy atom. The van der Waals surface area contributed by atoms with Gasteiger partial charge in [0, 0.05) is 0 Å². The molecule has 0 saturated heterocycles. The lowest BCUT2D eigenvalue weighted by atomic mass is 9.97. The van der Waals surface area contributed by atoms with Crippen molar-refractivity contribution in [3.8, 4) is 11.5 Å². The molecule has 1 rings (SSSR count). The van der Waals surface area contributed by atoms with E-state index in [1.165, 1.54) is 6.92 Å². The fourth-order valence-corrected chi connectivity index (χ4v) is 1.49. The zero-order chi connectivity index (χ0) is 13.2. The van der Waals surface area contributed by atoms with Crippen molar-refractivity contribution in [3.05, 3.63) is 22.3 Å². The summed E-state index contributed by atoms with van der Waals surface area (Å²) in [6.45, 7) is 1.35. The standard InChI is InChI=1S/C11H10O6/c1-5-6(3-12)9(14)7(4-13)10(15)8(5)11(16)17-2/h3-4,14-15H,1-2H3. The Hall–Kier alpha value is -2.37. The van der Waals surface area contributed by atoms with Gasteiger partial charge in [-0.1, -0.05) is 0 Å². The van der Waals surface area contributed by atoms with Crippen LogP contribution < -0.4 is 0 Å². The fourth-order valence-electron chi connectivity index (χ4n) is 1.49. The highest BCUT2D eigenvalue weighted by Crippen LogP contribution is 2.35. The maximum absolute atomic E-state index is 11.4. The van der Waals surface area contributed by atoms with Crippen molar-refractivity contribution >= 4 is 18.5 Å². The minimum atomic E-state index is -0.897. The molecule has 6 nitrogen and oxygen atoms in total. The van der Waals surface area contributed by atoms with Crippen LogP contribution in [0.5, 0.6) is 11.5 Å². The molecule has 0 saturated carbocycles. The third-order valence-corrected chi connectivity index (χ3v) is 2.41. The number of benzene rings is 1. The van der Waals surface area contributed by atoms with Gasteiger partial charge < -0.3 is 14.9 Å². The predicted octanol–water partition coefficient (Wildman–Crippen LogP) is 0.818. The number of carbonyl (C=O) groups is 3. The monoisotopic (exact) mass is 238 g/mol. The van der Waals surface area contributed by atoms with Crippen LogP contribution >= 0.6 is 0 Å². The van der Waals surface area contributed by atoms with Crippen LogP contribution in [0.2, 0.25) is 0 Å². The first-order valence-electron chi connectivity index (χ1n) is 4.56. The first-order chi connectivity index (χ1) is 7.99. The Morgan fingerprint density at radius 2 is 1.65 bits per heavy atom. The quantitative estimate of drug-likeness (QED) is 0.597. The summed E-state index contributed by atoms with van der Waals surface area (Å²) in [6, 6.07) is 0. The number of aldehydes is 2. The Morgan fingerprint density at radius 1 is 1.12 bits per heavy atom. The average Bonchev–Trinajstić information content (AvgIpc) is 2.29. The SMILES string of the molecule is COC(=O)c1c(C)c(C=O)c(O)c(C=O)c1O. The highest BCUT2D eigenvalue weighted by Gasteiger charge is 2.25. The number of methoxy groups -OCH3 is 1. The van der Waals surface area contributed by atoms with E-state index in [0.29, 0.717) is 6.29 Å². The van der Waals surface area contributed by atoms with Gasteiger partial charge in [0.2, 0.25) is 0 Å². The van der Waals surface area contributed by atoms with Gasteiger partial charge in [0.25, 0.3) is 0 Å². The summed E-state index contributed by atoms with van der Waals surface area (Å²) in [6.07, 6.45) is 0.451. The molecule has 1 aromatic rings. The molecular weight excluding hydrogens is 228 g/mol. The topological polar surface area (TPSA) is 101 Å². The van der Waals surface area contributed by atoms with Crippen LogP contribution in [0, 0.1) is 6.92 Å². The lowest BCUT2D eigenvalue weighted by molar-refractivity contribution is 0.0596. The fraction of sp³-hybridized carbons (Fsp3) is 0.182. The van der Waals surface area contributed by atoms with Crippen LogP contribution in [0.4, 0.5) is 0 Å². The number of aromatic hydroxyl groups is 2. The minimum Gasteiger partial charge on any atom is -0.506 e. The second-order valence-electron chi connectivity index (χ2n) is 3.25. The summed E-state index contributed by atoms with van der Waals surface area (Å²) in [5.41, 5.74) is -1.01. The van der Waals surface area contributed by atoms with Crippen molar-refractivity contribution in [3.63, 3.8) is 0 Å². The Labute approximate surface area is 96.4 Å². The van der Waals surface area contributed by atoms with Crippen LogP contribution in [0.15, 0.2) is 0 Å². The largest absolute Gasteiger partial charge is 0.506 e.